The number of aryl methyl sites for hydroxylation is 1. The molecule has 2 rings (SSSR count). The molecule has 2 heterocycles. The van der Waals surface area contributed by atoms with Gasteiger partial charge in [0.1, 0.15) is 0 Å². The molecule has 0 aliphatic rings. The molecule has 0 amide bonds. The van der Waals surface area contributed by atoms with Crippen LogP contribution < -0.4 is 11.3 Å². The fourth-order valence-corrected chi connectivity index (χ4v) is 1.34. The zero-order chi connectivity index (χ0) is 10.8. The normalized spacial score (nSPS) is 11.0. The molecule has 0 saturated carbocycles. The van der Waals surface area contributed by atoms with Crippen LogP contribution in [0.1, 0.15) is 19.8 Å². The predicted molar refractivity (Wildman–Crippen MR) is 55.3 cm³/mol. The minimum atomic E-state index is -0.347. The molecule has 15 heavy (non-hydrogen) atoms. The summed E-state index contributed by atoms with van der Waals surface area (Å²) in [4.78, 5) is 17.8. The molecule has 0 radical (unpaired) electrons. The average Bonchev–Trinajstić information content (AvgIpc) is 2.58. The number of unbranched alkanes of at least 4 members (excludes halogenated alkanes) is 1. The quantitative estimate of drug-likeness (QED) is 0.733. The van der Waals surface area contributed by atoms with E-state index in [1.54, 1.807) is 4.68 Å². The van der Waals surface area contributed by atoms with Crippen LogP contribution in [0.15, 0.2) is 4.79 Å². The zero-order valence-corrected chi connectivity index (χ0v) is 8.40. The lowest BCUT2D eigenvalue weighted by atomic mass is 10.3. The summed E-state index contributed by atoms with van der Waals surface area (Å²) in [6, 6.07) is 0. The van der Waals surface area contributed by atoms with E-state index in [2.05, 4.69) is 27.2 Å². The first kappa shape index (κ1) is 9.63. The molecule has 0 aliphatic heterocycles. The van der Waals surface area contributed by atoms with E-state index in [9.17, 15) is 4.79 Å². The molecule has 0 atom stereocenters. The van der Waals surface area contributed by atoms with Gasteiger partial charge in [-0.1, -0.05) is 18.6 Å². The van der Waals surface area contributed by atoms with Crippen LogP contribution in [0.2, 0.25) is 0 Å². The Hall–Kier alpha value is -1.92. The topological polar surface area (TPSA) is 102 Å². The molecule has 2 aromatic rings. The summed E-state index contributed by atoms with van der Waals surface area (Å²) in [5, 5.41) is 7.63. The largest absolute Gasteiger partial charge is 0.369 e. The Morgan fingerprint density at radius 3 is 3.07 bits per heavy atom. The van der Waals surface area contributed by atoms with Crippen LogP contribution in [0.4, 0.5) is 5.95 Å². The van der Waals surface area contributed by atoms with Crippen molar-refractivity contribution in [2.75, 3.05) is 5.73 Å². The van der Waals surface area contributed by atoms with Crippen molar-refractivity contribution >= 4 is 17.1 Å². The number of H-pyrrole nitrogens is 1. The van der Waals surface area contributed by atoms with E-state index >= 15 is 0 Å². The molecule has 0 fully saturated rings. The SMILES string of the molecule is CCCCn1nnc2c(=O)[nH]c(N)nc21. The zero-order valence-electron chi connectivity index (χ0n) is 8.40. The number of nitrogens with two attached hydrogens (primary N) is 1. The minimum absolute atomic E-state index is 0.0903. The molecule has 0 aromatic carbocycles. The minimum Gasteiger partial charge on any atom is -0.369 e. The average molecular weight is 208 g/mol. The second kappa shape index (κ2) is 3.68. The molecule has 0 bridgehead atoms. The van der Waals surface area contributed by atoms with Crippen molar-refractivity contribution in [2.24, 2.45) is 0 Å². The Morgan fingerprint density at radius 2 is 2.33 bits per heavy atom. The van der Waals surface area contributed by atoms with Gasteiger partial charge in [-0.05, 0) is 6.42 Å². The molecule has 0 saturated heterocycles. The predicted octanol–water partition coefficient (Wildman–Crippen LogP) is -0.103. The van der Waals surface area contributed by atoms with Gasteiger partial charge in [0.15, 0.2) is 11.2 Å². The van der Waals surface area contributed by atoms with Crippen molar-refractivity contribution < 1.29 is 0 Å². The molecule has 7 nitrogen and oxygen atoms in total. The lowest BCUT2D eigenvalue weighted by Gasteiger charge is -1.99. The second-order valence-corrected chi connectivity index (χ2v) is 3.29. The van der Waals surface area contributed by atoms with Gasteiger partial charge in [0.25, 0.3) is 5.56 Å². The van der Waals surface area contributed by atoms with Crippen molar-refractivity contribution in [1.82, 2.24) is 25.0 Å². The van der Waals surface area contributed by atoms with Crippen LogP contribution in [0, 0.1) is 0 Å². The summed E-state index contributed by atoms with van der Waals surface area (Å²) in [5.41, 5.74) is 5.78. The van der Waals surface area contributed by atoms with Gasteiger partial charge < -0.3 is 5.73 Å². The monoisotopic (exact) mass is 208 g/mol. The number of nitrogens with one attached hydrogen (secondary N) is 1. The lowest BCUT2D eigenvalue weighted by molar-refractivity contribution is 0.564. The third-order valence-electron chi connectivity index (χ3n) is 2.12. The standard InChI is InChI=1S/C8H12N6O/c1-2-3-4-14-6-5(12-13-14)7(15)11-8(9)10-6/h2-4H2,1H3,(H3,9,10,11,15). The summed E-state index contributed by atoms with van der Waals surface area (Å²) >= 11 is 0. The van der Waals surface area contributed by atoms with E-state index in [0.717, 1.165) is 12.8 Å². The Balaban J connectivity index is 2.53. The highest BCUT2D eigenvalue weighted by atomic mass is 16.1. The Bertz CT molecular complexity index is 527. The number of anilines is 1. The lowest BCUT2D eigenvalue weighted by Crippen LogP contribution is -2.12. The van der Waals surface area contributed by atoms with Crippen molar-refractivity contribution in [2.45, 2.75) is 26.3 Å². The first-order valence-corrected chi connectivity index (χ1v) is 4.81. The van der Waals surface area contributed by atoms with Gasteiger partial charge in [0.05, 0.1) is 0 Å². The van der Waals surface area contributed by atoms with Gasteiger partial charge in [0, 0.05) is 6.54 Å². The summed E-state index contributed by atoms with van der Waals surface area (Å²) in [6.45, 7) is 2.77. The van der Waals surface area contributed by atoms with Gasteiger partial charge in [-0.15, -0.1) is 5.10 Å². The molecule has 0 aliphatic carbocycles. The van der Waals surface area contributed by atoms with Crippen LogP contribution >= 0.6 is 0 Å². The molecule has 0 unspecified atom stereocenters. The highest BCUT2D eigenvalue weighted by molar-refractivity contribution is 5.69. The number of nitrogens with zero attached hydrogens (tertiary/aromatic N) is 4. The number of rotatable bonds is 3. The maximum Gasteiger partial charge on any atom is 0.282 e. The first-order valence-electron chi connectivity index (χ1n) is 4.81. The molecule has 2 aromatic heterocycles. The van der Waals surface area contributed by atoms with Crippen LogP contribution in [0.25, 0.3) is 11.2 Å². The first-order chi connectivity index (χ1) is 7.22. The van der Waals surface area contributed by atoms with Crippen molar-refractivity contribution in [3.8, 4) is 0 Å². The van der Waals surface area contributed by atoms with E-state index in [1.807, 2.05) is 0 Å². The highest BCUT2D eigenvalue weighted by Gasteiger charge is 2.09. The third kappa shape index (κ3) is 1.67. The van der Waals surface area contributed by atoms with Gasteiger partial charge in [-0.3, -0.25) is 9.78 Å². The molecule has 7 heteroatoms. The Morgan fingerprint density at radius 1 is 1.53 bits per heavy atom. The van der Waals surface area contributed by atoms with E-state index in [1.165, 1.54) is 0 Å². The van der Waals surface area contributed by atoms with Crippen molar-refractivity contribution in [3.05, 3.63) is 10.4 Å². The maximum atomic E-state index is 11.4. The fourth-order valence-electron chi connectivity index (χ4n) is 1.34. The Labute approximate surface area is 85.3 Å². The van der Waals surface area contributed by atoms with Gasteiger partial charge >= 0.3 is 0 Å². The van der Waals surface area contributed by atoms with Crippen LogP contribution in [-0.2, 0) is 6.54 Å². The number of hydrogen-bond donors (Lipinski definition) is 2. The molecular weight excluding hydrogens is 196 g/mol. The van der Waals surface area contributed by atoms with Crippen LogP contribution in [-0.4, -0.2) is 25.0 Å². The summed E-state index contributed by atoms with van der Waals surface area (Å²) < 4.78 is 1.60. The summed E-state index contributed by atoms with van der Waals surface area (Å²) in [7, 11) is 0. The van der Waals surface area contributed by atoms with Crippen molar-refractivity contribution in [3.63, 3.8) is 0 Å². The number of nitrogen functional groups attached to an aromatic ring is 1. The number of fused-ring (bicyclic) bond motifs is 1. The van der Waals surface area contributed by atoms with Crippen molar-refractivity contribution in [1.29, 1.82) is 0 Å². The number of aromatic nitrogens is 5. The molecule has 3 N–H and O–H groups in total. The number of hydrogen-bond acceptors (Lipinski definition) is 5. The third-order valence-corrected chi connectivity index (χ3v) is 2.12. The smallest absolute Gasteiger partial charge is 0.282 e. The molecular formula is C8H12N6O. The Kier molecular flexibility index (Phi) is 2.36. The van der Waals surface area contributed by atoms with E-state index in [0.29, 0.717) is 12.2 Å². The van der Waals surface area contributed by atoms with E-state index in [-0.39, 0.29) is 17.0 Å². The summed E-state index contributed by atoms with van der Waals surface area (Å²) in [5.74, 6) is 0.0903. The van der Waals surface area contributed by atoms with Gasteiger partial charge in [-0.2, -0.15) is 4.98 Å². The van der Waals surface area contributed by atoms with Gasteiger partial charge in [-0.25, -0.2) is 4.68 Å². The van der Waals surface area contributed by atoms with E-state index in [4.69, 9.17) is 5.73 Å². The second-order valence-electron chi connectivity index (χ2n) is 3.29. The van der Waals surface area contributed by atoms with Crippen LogP contribution in [0.3, 0.4) is 0 Å². The molecule has 0 spiro atoms. The van der Waals surface area contributed by atoms with Gasteiger partial charge in [0.2, 0.25) is 5.95 Å². The van der Waals surface area contributed by atoms with Crippen LogP contribution in [0.5, 0.6) is 0 Å². The summed E-state index contributed by atoms with van der Waals surface area (Å²) in [6.07, 6.45) is 2.01. The number of aromatic amines is 1. The highest BCUT2D eigenvalue weighted by Crippen LogP contribution is 2.05. The molecule has 80 valence electrons. The van der Waals surface area contributed by atoms with E-state index < -0.39 is 0 Å². The maximum absolute atomic E-state index is 11.4. The fraction of sp³-hybridized carbons (Fsp3) is 0.500.